The lowest BCUT2D eigenvalue weighted by molar-refractivity contribution is -0.137. The molecule has 3 rings (SSSR count). The lowest BCUT2D eigenvalue weighted by Gasteiger charge is -2.14. The zero-order valence-electron chi connectivity index (χ0n) is 13.3. The first-order valence-corrected chi connectivity index (χ1v) is 7.70. The summed E-state index contributed by atoms with van der Waals surface area (Å²) in [6.45, 7) is 0. The van der Waals surface area contributed by atoms with Crippen molar-refractivity contribution in [3.05, 3.63) is 59.7 Å². The van der Waals surface area contributed by atoms with Gasteiger partial charge in [0.1, 0.15) is 0 Å². The van der Waals surface area contributed by atoms with E-state index < -0.39 is 17.6 Å². The number of alkyl halides is 3. The summed E-state index contributed by atoms with van der Waals surface area (Å²) in [5.41, 5.74) is 0.0353. The number of anilines is 2. The van der Waals surface area contributed by atoms with E-state index in [4.69, 9.17) is 0 Å². The number of imide groups is 1. The Balaban J connectivity index is 1.70. The zero-order chi connectivity index (χ0) is 18.9. The fraction of sp³-hybridized carbons (Fsp3) is 0.167. The van der Waals surface area contributed by atoms with E-state index >= 15 is 0 Å². The second-order valence-corrected chi connectivity index (χ2v) is 5.70. The van der Waals surface area contributed by atoms with Gasteiger partial charge >= 0.3 is 6.18 Å². The SMILES string of the molecule is O=C(Nc1ccc(C(F)(F)F)cc1)c1ccc(N2C(=O)CCC2=O)cc1. The summed E-state index contributed by atoms with van der Waals surface area (Å²) in [6.07, 6.45) is -4.12. The highest BCUT2D eigenvalue weighted by atomic mass is 19.4. The fourth-order valence-electron chi connectivity index (χ4n) is 2.57. The van der Waals surface area contributed by atoms with Gasteiger partial charge in [0.05, 0.1) is 11.3 Å². The van der Waals surface area contributed by atoms with Crippen molar-refractivity contribution in [3.8, 4) is 0 Å². The van der Waals surface area contributed by atoms with Gasteiger partial charge in [-0.25, -0.2) is 0 Å². The average molecular weight is 362 g/mol. The Morgan fingerprint density at radius 2 is 1.42 bits per heavy atom. The smallest absolute Gasteiger partial charge is 0.322 e. The first-order valence-electron chi connectivity index (χ1n) is 7.70. The fourth-order valence-corrected chi connectivity index (χ4v) is 2.57. The van der Waals surface area contributed by atoms with Gasteiger partial charge in [0, 0.05) is 24.1 Å². The molecule has 0 saturated carbocycles. The molecule has 0 spiro atoms. The average Bonchev–Trinajstić information content (AvgIpc) is 2.93. The van der Waals surface area contributed by atoms with Crippen LogP contribution in [0.4, 0.5) is 24.5 Å². The van der Waals surface area contributed by atoms with Crippen LogP contribution in [0.15, 0.2) is 48.5 Å². The molecule has 2 aromatic carbocycles. The van der Waals surface area contributed by atoms with Crippen molar-refractivity contribution >= 4 is 29.1 Å². The summed E-state index contributed by atoms with van der Waals surface area (Å²) >= 11 is 0. The highest BCUT2D eigenvalue weighted by Crippen LogP contribution is 2.30. The third-order valence-electron chi connectivity index (χ3n) is 3.91. The van der Waals surface area contributed by atoms with Crippen LogP contribution in [-0.2, 0) is 15.8 Å². The van der Waals surface area contributed by atoms with Crippen LogP contribution in [0, 0.1) is 0 Å². The van der Waals surface area contributed by atoms with Gasteiger partial charge in [-0.15, -0.1) is 0 Å². The van der Waals surface area contributed by atoms with Crippen molar-refractivity contribution in [2.24, 2.45) is 0 Å². The van der Waals surface area contributed by atoms with Gasteiger partial charge in [-0.05, 0) is 48.5 Å². The lowest BCUT2D eigenvalue weighted by Crippen LogP contribution is -2.28. The van der Waals surface area contributed by atoms with Crippen LogP contribution < -0.4 is 10.2 Å². The number of rotatable bonds is 3. The van der Waals surface area contributed by atoms with Crippen LogP contribution in [0.1, 0.15) is 28.8 Å². The van der Waals surface area contributed by atoms with Crippen molar-refractivity contribution in [2.75, 3.05) is 10.2 Å². The normalized spacial score (nSPS) is 14.7. The Morgan fingerprint density at radius 3 is 1.92 bits per heavy atom. The van der Waals surface area contributed by atoms with Crippen molar-refractivity contribution in [2.45, 2.75) is 19.0 Å². The number of halogens is 3. The highest BCUT2D eigenvalue weighted by molar-refractivity contribution is 6.20. The maximum atomic E-state index is 12.5. The number of benzene rings is 2. The third-order valence-corrected chi connectivity index (χ3v) is 3.91. The second-order valence-electron chi connectivity index (χ2n) is 5.70. The number of amides is 3. The Labute approximate surface area is 146 Å². The largest absolute Gasteiger partial charge is 0.416 e. The molecular weight excluding hydrogens is 349 g/mol. The van der Waals surface area contributed by atoms with E-state index in [0.29, 0.717) is 5.69 Å². The van der Waals surface area contributed by atoms with Crippen molar-refractivity contribution in [1.82, 2.24) is 0 Å². The van der Waals surface area contributed by atoms with E-state index in [1.807, 2.05) is 0 Å². The second kappa shape index (κ2) is 6.62. The molecule has 1 N–H and O–H groups in total. The molecule has 0 unspecified atom stereocenters. The van der Waals surface area contributed by atoms with Gasteiger partial charge in [0.25, 0.3) is 5.91 Å². The van der Waals surface area contributed by atoms with E-state index in [0.717, 1.165) is 29.2 Å². The molecule has 1 aliphatic heterocycles. The summed E-state index contributed by atoms with van der Waals surface area (Å²) < 4.78 is 37.6. The number of nitrogens with one attached hydrogen (secondary N) is 1. The van der Waals surface area contributed by atoms with Crippen molar-refractivity contribution < 1.29 is 27.6 Å². The van der Waals surface area contributed by atoms with Gasteiger partial charge in [0.2, 0.25) is 11.8 Å². The van der Waals surface area contributed by atoms with E-state index in [1.54, 1.807) is 0 Å². The minimum Gasteiger partial charge on any atom is -0.322 e. The molecule has 0 radical (unpaired) electrons. The van der Waals surface area contributed by atoms with Gasteiger partial charge < -0.3 is 5.32 Å². The first-order chi connectivity index (χ1) is 12.3. The standard InChI is InChI=1S/C18H13F3N2O3/c19-18(20,21)12-3-5-13(6-4-12)22-17(26)11-1-7-14(8-2-11)23-15(24)9-10-16(23)25/h1-8H,9-10H2,(H,22,26). The summed E-state index contributed by atoms with van der Waals surface area (Å²) in [7, 11) is 0. The Morgan fingerprint density at radius 1 is 0.885 bits per heavy atom. The molecule has 134 valence electrons. The summed E-state index contributed by atoms with van der Waals surface area (Å²) in [4.78, 5) is 36.6. The molecule has 0 aromatic heterocycles. The molecule has 3 amide bonds. The van der Waals surface area contributed by atoms with Crippen LogP contribution in [0.2, 0.25) is 0 Å². The summed E-state index contributed by atoms with van der Waals surface area (Å²) in [6, 6.07) is 9.91. The molecule has 26 heavy (non-hydrogen) atoms. The maximum absolute atomic E-state index is 12.5. The molecule has 1 saturated heterocycles. The van der Waals surface area contributed by atoms with E-state index in [9.17, 15) is 27.6 Å². The number of hydrogen-bond donors (Lipinski definition) is 1. The van der Waals surface area contributed by atoms with Crippen molar-refractivity contribution in [1.29, 1.82) is 0 Å². The van der Waals surface area contributed by atoms with Crippen LogP contribution >= 0.6 is 0 Å². The molecule has 1 aliphatic rings. The monoisotopic (exact) mass is 362 g/mol. The highest BCUT2D eigenvalue weighted by Gasteiger charge is 2.31. The minimum absolute atomic E-state index is 0.162. The molecule has 1 fully saturated rings. The Bertz CT molecular complexity index is 843. The topological polar surface area (TPSA) is 66.5 Å². The number of carbonyl (C=O) groups is 3. The minimum atomic E-state index is -4.44. The predicted molar refractivity (Wildman–Crippen MR) is 87.6 cm³/mol. The quantitative estimate of drug-likeness (QED) is 0.849. The maximum Gasteiger partial charge on any atom is 0.416 e. The molecule has 8 heteroatoms. The first kappa shape index (κ1) is 17.7. The van der Waals surface area contributed by atoms with E-state index in [-0.39, 0.29) is 35.9 Å². The Hall–Kier alpha value is -3.16. The Kier molecular flexibility index (Phi) is 4.50. The van der Waals surface area contributed by atoms with Crippen LogP contribution in [-0.4, -0.2) is 17.7 Å². The lowest BCUT2D eigenvalue weighted by atomic mass is 10.1. The molecular formula is C18H13F3N2O3. The molecule has 5 nitrogen and oxygen atoms in total. The zero-order valence-corrected chi connectivity index (χ0v) is 13.3. The molecule has 0 bridgehead atoms. The number of nitrogens with zero attached hydrogens (tertiary/aromatic N) is 1. The van der Waals surface area contributed by atoms with E-state index in [2.05, 4.69) is 5.32 Å². The molecule has 0 aliphatic carbocycles. The summed E-state index contributed by atoms with van der Waals surface area (Å²) in [5.74, 6) is -1.11. The molecule has 2 aromatic rings. The van der Waals surface area contributed by atoms with Crippen LogP contribution in [0.3, 0.4) is 0 Å². The van der Waals surface area contributed by atoms with Gasteiger partial charge in [-0.2, -0.15) is 13.2 Å². The van der Waals surface area contributed by atoms with Gasteiger partial charge in [-0.1, -0.05) is 0 Å². The molecule has 0 atom stereocenters. The van der Waals surface area contributed by atoms with Gasteiger partial charge in [-0.3, -0.25) is 19.3 Å². The molecule has 1 heterocycles. The summed E-state index contributed by atoms with van der Waals surface area (Å²) in [5, 5.41) is 2.49. The van der Waals surface area contributed by atoms with E-state index in [1.165, 1.54) is 24.3 Å². The number of hydrogen-bond acceptors (Lipinski definition) is 3. The predicted octanol–water partition coefficient (Wildman–Crippen LogP) is 3.61. The van der Waals surface area contributed by atoms with Crippen LogP contribution in [0.5, 0.6) is 0 Å². The van der Waals surface area contributed by atoms with Crippen LogP contribution in [0.25, 0.3) is 0 Å². The number of carbonyl (C=O) groups excluding carboxylic acids is 3. The third kappa shape index (κ3) is 3.58. The van der Waals surface area contributed by atoms with Gasteiger partial charge in [0.15, 0.2) is 0 Å². The van der Waals surface area contributed by atoms with Crippen molar-refractivity contribution in [3.63, 3.8) is 0 Å².